The second-order valence-electron chi connectivity index (χ2n) is 6.89. The Morgan fingerprint density at radius 3 is 2.75 bits per heavy atom. The Hall–Kier alpha value is -2.80. The fourth-order valence-corrected chi connectivity index (χ4v) is 4.53. The lowest BCUT2D eigenvalue weighted by Gasteiger charge is -2.32. The first-order valence-corrected chi connectivity index (χ1v) is 10.1. The van der Waals surface area contributed by atoms with Gasteiger partial charge in [0.15, 0.2) is 0 Å². The molecule has 0 saturated carbocycles. The van der Waals surface area contributed by atoms with Crippen LogP contribution in [0.5, 0.6) is 0 Å². The van der Waals surface area contributed by atoms with Crippen molar-refractivity contribution in [3.63, 3.8) is 0 Å². The van der Waals surface area contributed by atoms with E-state index in [4.69, 9.17) is 4.98 Å². The molecule has 5 nitrogen and oxygen atoms in total. The Morgan fingerprint density at radius 1 is 1.18 bits per heavy atom. The fourth-order valence-electron chi connectivity index (χ4n) is 3.44. The van der Waals surface area contributed by atoms with Crippen molar-refractivity contribution < 1.29 is 14.0 Å². The molecule has 4 rings (SSSR count). The second-order valence-corrected chi connectivity index (χ2v) is 7.95. The number of fused-ring (bicyclic) bond motifs is 1. The van der Waals surface area contributed by atoms with Crippen LogP contribution in [0.3, 0.4) is 0 Å². The van der Waals surface area contributed by atoms with E-state index in [1.165, 1.54) is 24.3 Å². The summed E-state index contributed by atoms with van der Waals surface area (Å²) in [5, 5.41) is 3.69. The van der Waals surface area contributed by atoms with E-state index in [2.05, 4.69) is 11.4 Å². The molecule has 0 aliphatic carbocycles. The average Bonchev–Trinajstić information content (AvgIpc) is 3.17. The number of aromatic nitrogens is 1. The Balaban J connectivity index is 1.36. The van der Waals surface area contributed by atoms with Gasteiger partial charge in [-0.1, -0.05) is 12.1 Å². The molecule has 144 valence electrons. The summed E-state index contributed by atoms with van der Waals surface area (Å²) in [7, 11) is 0. The minimum Gasteiger partial charge on any atom is -0.343 e. The van der Waals surface area contributed by atoms with Crippen LogP contribution in [0, 0.1) is 5.82 Å². The molecule has 2 aromatic carbocycles. The lowest BCUT2D eigenvalue weighted by atomic mass is 9.98. The molecule has 7 heteroatoms. The number of benzene rings is 2. The Labute approximate surface area is 166 Å². The number of para-hydroxylation sites is 1. The normalized spacial score (nSPS) is 16.9. The SMILES string of the molecule is O=C(NCC(=O)N1CCC[C@@H](c2nc3ccccc3s2)C1)c1ccc(F)cc1. The van der Waals surface area contributed by atoms with E-state index < -0.39 is 5.82 Å². The standard InChI is InChI=1S/C21H20FN3O2S/c22-16-9-7-14(8-10-16)20(27)23-12-19(26)25-11-3-4-15(13-25)21-24-17-5-1-2-6-18(17)28-21/h1-2,5-10,15H,3-4,11-13H2,(H,23,27)/t15-/m1/s1. The first-order valence-electron chi connectivity index (χ1n) is 9.27. The van der Waals surface area contributed by atoms with Crippen molar-refractivity contribution in [2.24, 2.45) is 0 Å². The molecule has 28 heavy (non-hydrogen) atoms. The molecule has 1 N–H and O–H groups in total. The third-order valence-corrected chi connectivity index (χ3v) is 6.14. The number of hydrogen-bond donors (Lipinski definition) is 1. The molecule has 1 saturated heterocycles. The van der Waals surface area contributed by atoms with E-state index in [9.17, 15) is 14.0 Å². The third-order valence-electron chi connectivity index (χ3n) is 4.94. The Bertz CT molecular complexity index is 969. The Morgan fingerprint density at radius 2 is 1.96 bits per heavy atom. The number of likely N-dealkylation sites (tertiary alicyclic amines) is 1. The second kappa shape index (κ2) is 8.06. The number of carbonyl (C=O) groups is 2. The van der Waals surface area contributed by atoms with Crippen LogP contribution in [0.25, 0.3) is 10.2 Å². The molecular formula is C21H20FN3O2S. The summed E-state index contributed by atoms with van der Waals surface area (Å²) in [5.74, 6) is -0.668. The quantitative estimate of drug-likeness (QED) is 0.732. The Kier molecular flexibility index (Phi) is 5.34. The monoisotopic (exact) mass is 397 g/mol. The van der Waals surface area contributed by atoms with Gasteiger partial charge in [0.2, 0.25) is 5.91 Å². The van der Waals surface area contributed by atoms with Crippen molar-refractivity contribution >= 4 is 33.4 Å². The molecular weight excluding hydrogens is 377 g/mol. The van der Waals surface area contributed by atoms with Crippen molar-refractivity contribution in [2.45, 2.75) is 18.8 Å². The number of thiazole rings is 1. The van der Waals surface area contributed by atoms with Gasteiger partial charge in [-0.25, -0.2) is 9.37 Å². The van der Waals surface area contributed by atoms with E-state index >= 15 is 0 Å². The highest BCUT2D eigenvalue weighted by Gasteiger charge is 2.27. The van der Waals surface area contributed by atoms with Crippen molar-refractivity contribution in [1.82, 2.24) is 15.2 Å². The van der Waals surface area contributed by atoms with Crippen molar-refractivity contribution in [1.29, 1.82) is 0 Å². The van der Waals surface area contributed by atoms with Crippen LogP contribution in [0.15, 0.2) is 48.5 Å². The molecule has 3 aromatic rings. The van der Waals surface area contributed by atoms with Crippen LogP contribution < -0.4 is 5.32 Å². The van der Waals surface area contributed by atoms with Crippen LogP contribution >= 0.6 is 11.3 Å². The first-order chi connectivity index (χ1) is 13.6. The molecule has 1 fully saturated rings. The summed E-state index contributed by atoms with van der Waals surface area (Å²) < 4.78 is 14.1. The largest absolute Gasteiger partial charge is 0.343 e. The van der Waals surface area contributed by atoms with E-state index in [1.807, 2.05) is 18.2 Å². The number of rotatable bonds is 4. The highest BCUT2D eigenvalue weighted by Crippen LogP contribution is 2.32. The lowest BCUT2D eigenvalue weighted by molar-refractivity contribution is -0.131. The van der Waals surface area contributed by atoms with E-state index in [0.29, 0.717) is 18.7 Å². The number of hydrogen-bond acceptors (Lipinski definition) is 4. The smallest absolute Gasteiger partial charge is 0.251 e. The zero-order valence-corrected chi connectivity index (χ0v) is 16.0. The predicted molar refractivity (Wildman–Crippen MR) is 107 cm³/mol. The van der Waals surface area contributed by atoms with Gasteiger partial charge in [-0.15, -0.1) is 11.3 Å². The van der Waals surface area contributed by atoms with Gasteiger partial charge in [-0.2, -0.15) is 0 Å². The third kappa shape index (κ3) is 4.04. The molecule has 2 heterocycles. The summed E-state index contributed by atoms with van der Waals surface area (Å²) in [6.07, 6.45) is 1.92. The molecule has 1 atom stereocenters. The van der Waals surface area contributed by atoms with E-state index in [1.54, 1.807) is 16.2 Å². The molecule has 2 amide bonds. The van der Waals surface area contributed by atoms with Crippen LogP contribution in [0.1, 0.15) is 34.1 Å². The van der Waals surface area contributed by atoms with Crippen LogP contribution in [-0.4, -0.2) is 41.3 Å². The molecule has 0 unspecified atom stereocenters. The number of nitrogens with zero attached hydrogens (tertiary/aromatic N) is 2. The zero-order valence-electron chi connectivity index (χ0n) is 15.2. The number of nitrogens with one attached hydrogen (secondary N) is 1. The van der Waals surface area contributed by atoms with Gasteiger partial charge in [0.05, 0.1) is 21.8 Å². The van der Waals surface area contributed by atoms with Crippen LogP contribution in [0.4, 0.5) is 4.39 Å². The maximum Gasteiger partial charge on any atom is 0.251 e. The van der Waals surface area contributed by atoms with Gasteiger partial charge in [-0.05, 0) is 49.2 Å². The van der Waals surface area contributed by atoms with Crippen molar-refractivity contribution in [3.8, 4) is 0 Å². The molecule has 0 radical (unpaired) electrons. The van der Waals surface area contributed by atoms with E-state index in [-0.39, 0.29) is 24.3 Å². The molecule has 0 spiro atoms. The first kappa shape index (κ1) is 18.6. The molecule has 1 aromatic heterocycles. The fraction of sp³-hybridized carbons (Fsp3) is 0.286. The van der Waals surface area contributed by atoms with Gasteiger partial charge in [0.1, 0.15) is 5.82 Å². The average molecular weight is 397 g/mol. The van der Waals surface area contributed by atoms with Crippen molar-refractivity contribution in [2.75, 3.05) is 19.6 Å². The molecule has 0 bridgehead atoms. The van der Waals surface area contributed by atoms with Gasteiger partial charge in [-0.3, -0.25) is 9.59 Å². The van der Waals surface area contributed by atoms with Crippen LogP contribution in [-0.2, 0) is 4.79 Å². The van der Waals surface area contributed by atoms with Gasteiger partial charge in [0, 0.05) is 24.6 Å². The van der Waals surface area contributed by atoms with Gasteiger partial charge >= 0.3 is 0 Å². The number of halogens is 1. The zero-order chi connectivity index (χ0) is 19.5. The maximum absolute atomic E-state index is 13.0. The summed E-state index contributed by atoms with van der Waals surface area (Å²) in [6.45, 7) is 1.24. The van der Waals surface area contributed by atoms with Crippen LogP contribution in [0.2, 0.25) is 0 Å². The summed E-state index contributed by atoms with van der Waals surface area (Å²) in [4.78, 5) is 31.2. The van der Waals surface area contributed by atoms with Crippen molar-refractivity contribution in [3.05, 3.63) is 64.9 Å². The highest BCUT2D eigenvalue weighted by molar-refractivity contribution is 7.18. The van der Waals surface area contributed by atoms with Gasteiger partial charge in [0.25, 0.3) is 5.91 Å². The molecule has 1 aliphatic rings. The lowest BCUT2D eigenvalue weighted by Crippen LogP contribution is -2.44. The number of amides is 2. The minimum atomic E-state index is -0.401. The highest BCUT2D eigenvalue weighted by atomic mass is 32.1. The van der Waals surface area contributed by atoms with E-state index in [0.717, 1.165) is 28.1 Å². The van der Waals surface area contributed by atoms with Gasteiger partial charge < -0.3 is 10.2 Å². The number of carbonyl (C=O) groups excluding carboxylic acids is 2. The number of piperidine rings is 1. The summed E-state index contributed by atoms with van der Waals surface area (Å²) in [6, 6.07) is 13.3. The summed E-state index contributed by atoms with van der Waals surface area (Å²) >= 11 is 1.68. The maximum atomic E-state index is 13.0. The topological polar surface area (TPSA) is 62.3 Å². The predicted octanol–water partition coefficient (Wildman–Crippen LogP) is 3.57. The minimum absolute atomic E-state index is 0.0667. The summed E-state index contributed by atoms with van der Waals surface area (Å²) in [5.41, 5.74) is 1.33. The molecule has 1 aliphatic heterocycles.